The van der Waals surface area contributed by atoms with E-state index in [1.165, 1.54) is 6.07 Å². The van der Waals surface area contributed by atoms with Crippen LogP contribution in [0.2, 0.25) is 0 Å². The summed E-state index contributed by atoms with van der Waals surface area (Å²) in [6.45, 7) is 3.62. The molecule has 2 heterocycles. The second-order valence-electron chi connectivity index (χ2n) is 5.48. The molecule has 0 radical (unpaired) electrons. The summed E-state index contributed by atoms with van der Waals surface area (Å²) < 4.78 is 16.5. The molecule has 20 heavy (non-hydrogen) atoms. The van der Waals surface area contributed by atoms with E-state index in [9.17, 15) is 9.90 Å². The number of fused-ring (bicyclic) bond motifs is 3. The molecule has 5 nitrogen and oxygen atoms in total. The third-order valence-corrected chi connectivity index (χ3v) is 3.71. The Hall–Kier alpha value is -2.01. The summed E-state index contributed by atoms with van der Waals surface area (Å²) in [5.41, 5.74) is -0.0286. The Morgan fingerprint density at radius 2 is 2.15 bits per heavy atom. The minimum absolute atomic E-state index is 0.350. The highest BCUT2D eigenvalue weighted by Crippen LogP contribution is 2.43. The van der Waals surface area contributed by atoms with E-state index in [0.717, 1.165) is 5.39 Å². The molecule has 0 fully saturated rings. The van der Waals surface area contributed by atoms with Gasteiger partial charge in [-0.05, 0) is 26.0 Å². The molecule has 1 aliphatic rings. The number of hydrogen-bond donors (Lipinski definition) is 1. The molecule has 0 aliphatic carbocycles. The molecule has 0 bridgehead atoms. The number of ether oxygens (including phenoxy) is 2. The maximum Gasteiger partial charge on any atom is 0.336 e. The SMILES string of the molecule is COc1cc2ccc(=O)oc2c2c1OC(C)(C)C(O)C2. The monoisotopic (exact) mass is 276 g/mol. The fraction of sp³-hybridized carbons (Fsp3) is 0.400. The van der Waals surface area contributed by atoms with Crippen LogP contribution in [0, 0.1) is 0 Å². The minimum Gasteiger partial charge on any atom is -0.493 e. The standard InChI is InChI=1S/C15H16O5/c1-15(2)11(16)7-9-13-8(4-5-12(17)19-13)6-10(18-3)14(9)20-15/h4-6,11,16H,7H2,1-3H3. The lowest BCUT2D eigenvalue weighted by atomic mass is 9.90. The van der Waals surface area contributed by atoms with E-state index in [4.69, 9.17) is 13.9 Å². The van der Waals surface area contributed by atoms with Gasteiger partial charge in [-0.1, -0.05) is 0 Å². The lowest BCUT2D eigenvalue weighted by Crippen LogP contribution is -2.46. The number of methoxy groups -OCH3 is 1. The molecule has 1 N–H and O–H groups in total. The summed E-state index contributed by atoms with van der Waals surface area (Å²) in [5.74, 6) is 1.10. The van der Waals surface area contributed by atoms with Gasteiger partial charge in [-0.2, -0.15) is 0 Å². The Morgan fingerprint density at radius 1 is 1.40 bits per heavy atom. The normalized spacial score (nSPS) is 20.3. The van der Waals surface area contributed by atoms with E-state index in [2.05, 4.69) is 0 Å². The fourth-order valence-electron chi connectivity index (χ4n) is 2.45. The van der Waals surface area contributed by atoms with Crippen molar-refractivity contribution in [1.82, 2.24) is 0 Å². The average molecular weight is 276 g/mol. The van der Waals surface area contributed by atoms with Gasteiger partial charge in [0.15, 0.2) is 11.5 Å². The van der Waals surface area contributed by atoms with E-state index >= 15 is 0 Å². The summed E-state index contributed by atoms with van der Waals surface area (Å²) in [6.07, 6.45) is -0.334. The molecular formula is C15H16O5. The summed E-state index contributed by atoms with van der Waals surface area (Å²) in [4.78, 5) is 11.4. The molecule has 1 aromatic heterocycles. The Labute approximate surface area is 115 Å². The lowest BCUT2D eigenvalue weighted by molar-refractivity contribution is -0.0423. The van der Waals surface area contributed by atoms with Gasteiger partial charge in [-0.3, -0.25) is 0 Å². The molecule has 1 atom stereocenters. The van der Waals surface area contributed by atoms with Crippen LogP contribution in [0.25, 0.3) is 11.0 Å². The van der Waals surface area contributed by atoms with Crippen molar-refractivity contribution in [3.63, 3.8) is 0 Å². The maximum absolute atomic E-state index is 11.4. The van der Waals surface area contributed by atoms with Gasteiger partial charge in [0.2, 0.25) is 0 Å². The first-order valence-electron chi connectivity index (χ1n) is 6.43. The summed E-state index contributed by atoms with van der Waals surface area (Å²) in [7, 11) is 1.56. The molecule has 0 saturated heterocycles. The van der Waals surface area contributed by atoms with Crippen LogP contribution in [-0.2, 0) is 6.42 Å². The molecule has 5 heteroatoms. The molecule has 0 saturated carbocycles. The van der Waals surface area contributed by atoms with Gasteiger partial charge in [0.1, 0.15) is 11.2 Å². The van der Waals surface area contributed by atoms with Gasteiger partial charge in [0.05, 0.1) is 13.2 Å². The number of benzene rings is 1. The first kappa shape index (κ1) is 13.0. The number of aliphatic hydroxyl groups excluding tert-OH is 1. The van der Waals surface area contributed by atoms with Gasteiger partial charge in [-0.15, -0.1) is 0 Å². The summed E-state index contributed by atoms with van der Waals surface area (Å²) in [6, 6.07) is 4.80. The van der Waals surface area contributed by atoms with E-state index in [1.54, 1.807) is 19.2 Å². The molecule has 1 aliphatic heterocycles. The lowest BCUT2D eigenvalue weighted by Gasteiger charge is -2.37. The average Bonchev–Trinajstić information content (AvgIpc) is 2.39. The summed E-state index contributed by atoms with van der Waals surface area (Å²) >= 11 is 0. The molecule has 106 valence electrons. The third kappa shape index (κ3) is 1.86. The van der Waals surface area contributed by atoms with Crippen molar-refractivity contribution in [2.45, 2.75) is 32.0 Å². The first-order valence-corrected chi connectivity index (χ1v) is 6.43. The molecule has 1 unspecified atom stereocenters. The van der Waals surface area contributed by atoms with Crippen molar-refractivity contribution in [2.75, 3.05) is 7.11 Å². The van der Waals surface area contributed by atoms with Crippen LogP contribution < -0.4 is 15.1 Å². The van der Waals surface area contributed by atoms with E-state index < -0.39 is 17.3 Å². The van der Waals surface area contributed by atoms with Gasteiger partial charge >= 0.3 is 5.63 Å². The van der Waals surface area contributed by atoms with Crippen molar-refractivity contribution in [2.24, 2.45) is 0 Å². The van der Waals surface area contributed by atoms with Crippen LogP contribution in [0.1, 0.15) is 19.4 Å². The van der Waals surface area contributed by atoms with Gasteiger partial charge in [-0.25, -0.2) is 4.79 Å². The fourth-order valence-corrected chi connectivity index (χ4v) is 2.45. The smallest absolute Gasteiger partial charge is 0.336 e. The largest absolute Gasteiger partial charge is 0.493 e. The predicted octanol–water partition coefficient (Wildman–Crippen LogP) is 1.88. The van der Waals surface area contributed by atoms with E-state index in [0.29, 0.717) is 29.1 Å². The Kier molecular flexibility index (Phi) is 2.76. The van der Waals surface area contributed by atoms with Crippen molar-refractivity contribution in [3.05, 3.63) is 34.2 Å². The number of aliphatic hydroxyl groups is 1. The topological polar surface area (TPSA) is 68.9 Å². The van der Waals surface area contributed by atoms with Gasteiger partial charge < -0.3 is 19.0 Å². The highest BCUT2D eigenvalue weighted by Gasteiger charge is 2.38. The maximum atomic E-state index is 11.4. The van der Waals surface area contributed by atoms with Crippen LogP contribution in [-0.4, -0.2) is 23.9 Å². The second kappa shape index (κ2) is 4.24. The van der Waals surface area contributed by atoms with Crippen LogP contribution >= 0.6 is 0 Å². The Morgan fingerprint density at radius 3 is 2.85 bits per heavy atom. The quantitative estimate of drug-likeness (QED) is 0.805. The molecule has 3 rings (SSSR count). The zero-order valence-corrected chi connectivity index (χ0v) is 11.6. The van der Waals surface area contributed by atoms with E-state index in [1.807, 2.05) is 13.8 Å². The Bertz CT molecular complexity index is 729. The molecule has 1 aromatic carbocycles. The minimum atomic E-state index is -0.719. The van der Waals surface area contributed by atoms with Gasteiger partial charge in [0.25, 0.3) is 0 Å². The van der Waals surface area contributed by atoms with Crippen LogP contribution in [0.15, 0.2) is 27.4 Å². The molecular weight excluding hydrogens is 260 g/mol. The Balaban J connectivity index is 2.34. The highest BCUT2D eigenvalue weighted by molar-refractivity contribution is 5.85. The van der Waals surface area contributed by atoms with Crippen molar-refractivity contribution >= 4 is 11.0 Å². The van der Waals surface area contributed by atoms with Crippen LogP contribution in [0.3, 0.4) is 0 Å². The zero-order chi connectivity index (χ0) is 14.5. The second-order valence-corrected chi connectivity index (χ2v) is 5.48. The van der Waals surface area contributed by atoms with Crippen LogP contribution in [0.4, 0.5) is 0 Å². The van der Waals surface area contributed by atoms with Gasteiger partial charge in [0, 0.05) is 23.4 Å². The number of rotatable bonds is 1. The highest BCUT2D eigenvalue weighted by atomic mass is 16.5. The van der Waals surface area contributed by atoms with Crippen molar-refractivity contribution in [3.8, 4) is 11.5 Å². The van der Waals surface area contributed by atoms with E-state index in [-0.39, 0.29) is 0 Å². The van der Waals surface area contributed by atoms with Crippen molar-refractivity contribution < 1.29 is 19.0 Å². The molecule has 2 aromatic rings. The zero-order valence-electron chi connectivity index (χ0n) is 11.6. The van der Waals surface area contributed by atoms with Crippen LogP contribution in [0.5, 0.6) is 11.5 Å². The first-order chi connectivity index (χ1) is 9.42. The summed E-state index contributed by atoms with van der Waals surface area (Å²) in [5, 5.41) is 10.9. The molecule has 0 amide bonds. The third-order valence-electron chi connectivity index (χ3n) is 3.71. The molecule has 0 spiro atoms. The van der Waals surface area contributed by atoms with Crippen molar-refractivity contribution in [1.29, 1.82) is 0 Å². The predicted molar refractivity (Wildman–Crippen MR) is 73.5 cm³/mol. The number of hydrogen-bond acceptors (Lipinski definition) is 5.